The summed E-state index contributed by atoms with van der Waals surface area (Å²) in [5.74, 6) is 0.251. The predicted octanol–water partition coefficient (Wildman–Crippen LogP) is 3.11. The quantitative estimate of drug-likeness (QED) is 0.501. The molecule has 1 aliphatic carbocycles. The smallest absolute Gasteiger partial charge is 0.407 e. The molecule has 1 amide bonds. The molecule has 196 valence electrons. The molecule has 0 spiro atoms. The second-order valence-electron chi connectivity index (χ2n) is 10.1. The van der Waals surface area contributed by atoms with Crippen molar-refractivity contribution in [2.24, 2.45) is 0 Å². The summed E-state index contributed by atoms with van der Waals surface area (Å²) in [6.07, 6.45) is 7.04. The van der Waals surface area contributed by atoms with Crippen LogP contribution >= 0.6 is 0 Å². The first-order chi connectivity index (χ1) is 16.7. The highest BCUT2D eigenvalue weighted by Crippen LogP contribution is 2.37. The number of alkyl carbamates (subject to hydrolysis) is 1. The van der Waals surface area contributed by atoms with Gasteiger partial charge in [0.1, 0.15) is 5.60 Å². The van der Waals surface area contributed by atoms with Crippen molar-refractivity contribution in [2.45, 2.75) is 95.9 Å². The third-order valence-corrected chi connectivity index (χ3v) is 6.26. The second-order valence-corrected chi connectivity index (χ2v) is 10.1. The third-order valence-electron chi connectivity index (χ3n) is 6.26. The Morgan fingerprint density at radius 2 is 1.94 bits per heavy atom. The van der Waals surface area contributed by atoms with Gasteiger partial charge in [-0.3, -0.25) is 0 Å². The number of esters is 1. The van der Waals surface area contributed by atoms with Crippen LogP contribution in [-0.2, 0) is 19.0 Å². The van der Waals surface area contributed by atoms with E-state index in [-0.39, 0.29) is 36.8 Å². The summed E-state index contributed by atoms with van der Waals surface area (Å²) >= 11 is 0. The topological polar surface area (TPSA) is 121 Å². The highest BCUT2D eigenvalue weighted by molar-refractivity contribution is 5.71. The SMILES string of the molecule is CCOC(=O)COc1nnccc1[C@H]1CC[C@@H](OCC2NCCCC2NC(=O)OC(C)(C)C)CC1. The van der Waals surface area contributed by atoms with Gasteiger partial charge in [0, 0.05) is 11.6 Å². The molecule has 0 aromatic carbocycles. The fraction of sp³-hybridized carbons (Fsp3) is 0.760. The fourth-order valence-corrected chi connectivity index (χ4v) is 4.62. The van der Waals surface area contributed by atoms with E-state index in [1.54, 1.807) is 13.1 Å². The van der Waals surface area contributed by atoms with Gasteiger partial charge in [-0.15, -0.1) is 5.10 Å². The largest absolute Gasteiger partial charge is 0.464 e. The number of piperidine rings is 1. The van der Waals surface area contributed by atoms with Crippen LogP contribution in [0.1, 0.15) is 77.7 Å². The van der Waals surface area contributed by atoms with E-state index in [0.717, 1.165) is 50.6 Å². The molecule has 1 aliphatic heterocycles. The van der Waals surface area contributed by atoms with Gasteiger partial charge in [0.25, 0.3) is 0 Å². The molecule has 0 radical (unpaired) electrons. The zero-order valence-electron chi connectivity index (χ0n) is 21.4. The molecule has 2 aliphatic rings. The van der Waals surface area contributed by atoms with Gasteiger partial charge < -0.3 is 29.6 Å². The van der Waals surface area contributed by atoms with E-state index in [0.29, 0.717) is 19.1 Å². The van der Waals surface area contributed by atoms with Crippen LogP contribution in [-0.4, -0.2) is 72.4 Å². The first kappa shape index (κ1) is 27.1. The first-order valence-corrected chi connectivity index (χ1v) is 12.7. The Kier molecular flexibility index (Phi) is 10.1. The molecular weight excluding hydrogens is 452 g/mol. The normalized spacial score (nSPS) is 24.9. The number of hydrogen-bond donors (Lipinski definition) is 2. The molecule has 10 nitrogen and oxygen atoms in total. The van der Waals surface area contributed by atoms with Gasteiger partial charge in [0.15, 0.2) is 6.61 Å². The van der Waals surface area contributed by atoms with Crippen molar-refractivity contribution in [3.05, 3.63) is 17.8 Å². The van der Waals surface area contributed by atoms with E-state index in [9.17, 15) is 9.59 Å². The number of rotatable bonds is 9. The van der Waals surface area contributed by atoms with Crippen LogP contribution < -0.4 is 15.4 Å². The Labute approximate surface area is 207 Å². The van der Waals surface area contributed by atoms with Crippen molar-refractivity contribution in [2.75, 3.05) is 26.4 Å². The number of hydrogen-bond acceptors (Lipinski definition) is 9. The summed E-state index contributed by atoms with van der Waals surface area (Å²) < 4.78 is 22.2. The van der Waals surface area contributed by atoms with Crippen molar-refractivity contribution >= 4 is 12.1 Å². The van der Waals surface area contributed by atoms with Gasteiger partial charge in [0.2, 0.25) is 5.88 Å². The minimum Gasteiger partial charge on any atom is -0.464 e. The van der Waals surface area contributed by atoms with Crippen LogP contribution in [0.5, 0.6) is 5.88 Å². The van der Waals surface area contributed by atoms with Gasteiger partial charge in [0.05, 0.1) is 31.6 Å². The minimum atomic E-state index is -0.523. The molecule has 1 saturated carbocycles. The summed E-state index contributed by atoms with van der Waals surface area (Å²) in [7, 11) is 0. The van der Waals surface area contributed by atoms with Crippen LogP contribution in [0.25, 0.3) is 0 Å². The van der Waals surface area contributed by atoms with Crippen LogP contribution in [0.3, 0.4) is 0 Å². The number of ether oxygens (including phenoxy) is 4. The average Bonchev–Trinajstić information content (AvgIpc) is 2.82. The molecule has 35 heavy (non-hydrogen) atoms. The molecule has 2 unspecified atom stereocenters. The maximum absolute atomic E-state index is 12.2. The Hall–Kier alpha value is -2.46. The average molecular weight is 493 g/mol. The van der Waals surface area contributed by atoms with E-state index in [1.807, 2.05) is 26.8 Å². The summed E-state index contributed by atoms with van der Waals surface area (Å²) in [5.41, 5.74) is 0.448. The van der Waals surface area contributed by atoms with E-state index < -0.39 is 11.6 Å². The number of carbonyl (C=O) groups excluding carboxylic acids is 2. The summed E-state index contributed by atoms with van der Waals surface area (Å²) in [6.45, 7) is 8.94. The van der Waals surface area contributed by atoms with Gasteiger partial charge in [-0.05, 0) is 84.7 Å². The van der Waals surface area contributed by atoms with E-state index in [1.165, 1.54) is 0 Å². The Morgan fingerprint density at radius 1 is 1.17 bits per heavy atom. The van der Waals surface area contributed by atoms with Crippen molar-refractivity contribution in [3.63, 3.8) is 0 Å². The lowest BCUT2D eigenvalue weighted by Crippen LogP contribution is -2.56. The van der Waals surface area contributed by atoms with Crippen LogP contribution in [0, 0.1) is 0 Å². The molecular formula is C25H40N4O6. The van der Waals surface area contributed by atoms with Crippen molar-refractivity contribution < 1.29 is 28.5 Å². The van der Waals surface area contributed by atoms with Crippen LogP contribution in [0.2, 0.25) is 0 Å². The van der Waals surface area contributed by atoms with Gasteiger partial charge in [-0.1, -0.05) is 0 Å². The standard InChI is InChI=1S/C25H40N4O6/c1-5-32-22(30)16-34-23-19(12-14-27-29-23)17-8-10-18(11-9-17)33-15-21-20(7-6-13-26-21)28-24(31)35-25(2,3)4/h12,14,17-18,20-21,26H,5-11,13,15-16H2,1-4H3,(H,28,31)/t17-,18+,20?,21?. The molecule has 2 fully saturated rings. The number of aromatic nitrogens is 2. The molecule has 1 aromatic heterocycles. The molecule has 2 atom stereocenters. The van der Waals surface area contributed by atoms with Crippen LogP contribution in [0.4, 0.5) is 4.79 Å². The van der Waals surface area contributed by atoms with Crippen molar-refractivity contribution in [1.82, 2.24) is 20.8 Å². The summed E-state index contributed by atoms with van der Waals surface area (Å²) in [4.78, 5) is 23.9. The van der Waals surface area contributed by atoms with E-state index in [2.05, 4.69) is 20.8 Å². The fourth-order valence-electron chi connectivity index (χ4n) is 4.62. The lowest BCUT2D eigenvalue weighted by atomic mass is 9.83. The number of carbonyl (C=O) groups is 2. The third kappa shape index (κ3) is 8.92. The number of nitrogens with one attached hydrogen (secondary N) is 2. The molecule has 2 heterocycles. The molecule has 2 N–H and O–H groups in total. The highest BCUT2D eigenvalue weighted by atomic mass is 16.6. The second kappa shape index (κ2) is 13.0. The Bertz CT molecular complexity index is 822. The zero-order chi connectivity index (χ0) is 25.3. The monoisotopic (exact) mass is 492 g/mol. The predicted molar refractivity (Wildman–Crippen MR) is 129 cm³/mol. The maximum atomic E-state index is 12.2. The minimum absolute atomic E-state index is 0.0167. The molecule has 3 rings (SSSR count). The zero-order valence-corrected chi connectivity index (χ0v) is 21.4. The van der Waals surface area contributed by atoms with Crippen molar-refractivity contribution in [3.8, 4) is 5.88 Å². The molecule has 1 aromatic rings. The Morgan fingerprint density at radius 3 is 2.66 bits per heavy atom. The number of nitrogens with zero attached hydrogens (tertiary/aromatic N) is 2. The lowest BCUT2D eigenvalue weighted by molar-refractivity contribution is -0.145. The molecule has 10 heteroatoms. The summed E-state index contributed by atoms with van der Waals surface area (Å²) in [5, 5.41) is 14.5. The summed E-state index contributed by atoms with van der Waals surface area (Å²) in [6, 6.07) is 1.95. The first-order valence-electron chi connectivity index (χ1n) is 12.7. The molecule has 0 bridgehead atoms. The maximum Gasteiger partial charge on any atom is 0.407 e. The van der Waals surface area contributed by atoms with Gasteiger partial charge >= 0.3 is 12.1 Å². The van der Waals surface area contributed by atoms with Crippen molar-refractivity contribution in [1.29, 1.82) is 0 Å². The Balaban J connectivity index is 1.46. The van der Waals surface area contributed by atoms with Gasteiger partial charge in [-0.25, -0.2) is 9.59 Å². The molecule has 1 saturated heterocycles. The van der Waals surface area contributed by atoms with E-state index >= 15 is 0 Å². The van der Waals surface area contributed by atoms with Crippen LogP contribution in [0.15, 0.2) is 12.3 Å². The van der Waals surface area contributed by atoms with Gasteiger partial charge in [-0.2, -0.15) is 5.10 Å². The number of amides is 1. The lowest BCUT2D eigenvalue weighted by Gasteiger charge is -2.35. The highest BCUT2D eigenvalue weighted by Gasteiger charge is 2.31. The van der Waals surface area contributed by atoms with E-state index in [4.69, 9.17) is 18.9 Å².